The highest BCUT2D eigenvalue weighted by atomic mass is 32.1. The molecule has 0 radical (unpaired) electrons. The van der Waals surface area contributed by atoms with Crippen LogP contribution in [0.2, 0.25) is 0 Å². The van der Waals surface area contributed by atoms with Crippen LogP contribution < -0.4 is 5.32 Å². The summed E-state index contributed by atoms with van der Waals surface area (Å²) in [4.78, 5) is 26.9. The van der Waals surface area contributed by atoms with Crippen LogP contribution in [-0.4, -0.2) is 26.4 Å². The van der Waals surface area contributed by atoms with Crippen molar-refractivity contribution in [1.29, 1.82) is 0 Å². The van der Waals surface area contributed by atoms with Gasteiger partial charge >= 0.3 is 0 Å². The lowest BCUT2D eigenvalue weighted by atomic mass is 10.1. The molecular formula is C23H21N3O3S. The highest BCUT2D eigenvalue weighted by Gasteiger charge is 2.34. The predicted octanol–water partition coefficient (Wildman–Crippen LogP) is 3.82. The van der Waals surface area contributed by atoms with E-state index in [-0.39, 0.29) is 17.2 Å². The molecule has 0 unspecified atom stereocenters. The smallest absolute Gasteiger partial charge is 0.266 e. The molecule has 1 saturated heterocycles. The number of nitrogens with one attached hydrogen (secondary N) is 1. The molecule has 1 aromatic carbocycles. The Morgan fingerprint density at radius 3 is 2.50 bits per heavy atom. The minimum atomic E-state index is -0.499. The zero-order valence-electron chi connectivity index (χ0n) is 16.9. The monoisotopic (exact) mass is 419 g/mol. The van der Waals surface area contributed by atoms with Crippen LogP contribution in [0.3, 0.4) is 0 Å². The number of aromatic nitrogens is 1. The normalized spacial score (nSPS) is 15.8. The number of hydrogen-bond acceptors (Lipinski definition) is 4. The quantitative estimate of drug-likeness (QED) is 0.397. The van der Waals surface area contributed by atoms with E-state index in [0.717, 1.165) is 22.6 Å². The Morgan fingerprint density at radius 1 is 1.10 bits per heavy atom. The molecule has 1 N–H and O–H groups in total. The third-order valence-corrected chi connectivity index (χ3v) is 5.46. The Morgan fingerprint density at radius 2 is 1.83 bits per heavy atom. The molecule has 4 rings (SSSR count). The predicted molar refractivity (Wildman–Crippen MR) is 118 cm³/mol. The first-order chi connectivity index (χ1) is 14.3. The summed E-state index contributed by atoms with van der Waals surface area (Å²) in [5.41, 5.74) is 5.00. The first-order valence-corrected chi connectivity index (χ1v) is 9.93. The van der Waals surface area contributed by atoms with Crippen LogP contribution in [0.15, 0.2) is 58.7 Å². The molecule has 0 bridgehead atoms. The molecule has 2 amide bonds. The topological polar surface area (TPSA) is 67.5 Å². The van der Waals surface area contributed by atoms with E-state index in [1.165, 1.54) is 16.7 Å². The summed E-state index contributed by atoms with van der Waals surface area (Å²) in [7, 11) is 0. The first kappa shape index (κ1) is 19.8. The summed E-state index contributed by atoms with van der Waals surface area (Å²) >= 11 is 5.20. The lowest BCUT2D eigenvalue weighted by Crippen LogP contribution is -2.53. The van der Waals surface area contributed by atoms with Gasteiger partial charge in [-0.15, -0.1) is 0 Å². The molecule has 30 heavy (non-hydrogen) atoms. The number of rotatable bonds is 4. The largest absolute Gasteiger partial charge is 0.467 e. The highest BCUT2D eigenvalue weighted by Crippen LogP contribution is 2.25. The van der Waals surface area contributed by atoms with Crippen LogP contribution in [-0.2, 0) is 16.1 Å². The molecule has 1 aliphatic rings. The Kier molecular flexibility index (Phi) is 5.13. The second-order valence-electron chi connectivity index (χ2n) is 7.29. The van der Waals surface area contributed by atoms with Gasteiger partial charge in [0.15, 0.2) is 5.11 Å². The first-order valence-electron chi connectivity index (χ1n) is 9.52. The highest BCUT2D eigenvalue weighted by molar-refractivity contribution is 7.80. The van der Waals surface area contributed by atoms with Gasteiger partial charge < -0.3 is 8.98 Å². The van der Waals surface area contributed by atoms with Gasteiger partial charge in [-0.25, -0.2) is 0 Å². The Labute approximate surface area is 179 Å². The van der Waals surface area contributed by atoms with E-state index in [4.69, 9.17) is 16.6 Å². The molecule has 2 aromatic heterocycles. The summed E-state index contributed by atoms with van der Waals surface area (Å²) < 4.78 is 7.42. The van der Waals surface area contributed by atoms with Gasteiger partial charge in [-0.1, -0.05) is 17.7 Å². The van der Waals surface area contributed by atoms with Gasteiger partial charge in [-0.2, -0.15) is 0 Å². The van der Waals surface area contributed by atoms with Crippen LogP contribution in [0.1, 0.15) is 28.3 Å². The zero-order valence-corrected chi connectivity index (χ0v) is 17.7. The summed E-state index contributed by atoms with van der Waals surface area (Å²) in [6, 6.07) is 13.7. The standard InChI is InChI=1S/C23H21N3O3S/c1-14-6-8-18(9-7-14)26-15(2)11-17(16(26)3)12-20-21(27)24-23(30)25(22(20)28)13-19-5-4-10-29-19/h4-12H,13H2,1-3H3,(H,24,27,30). The number of benzene rings is 1. The zero-order chi connectivity index (χ0) is 21.4. The average Bonchev–Trinajstić information content (AvgIpc) is 3.31. The van der Waals surface area contributed by atoms with Crippen molar-refractivity contribution in [2.45, 2.75) is 27.3 Å². The van der Waals surface area contributed by atoms with Crippen LogP contribution in [0.5, 0.6) is 0 Å². The number of nitrogens with zero attached hydrogens (tertiary/aromatic N) is 2. The summed E-state index contributed by atoms with van der Waals surface area (Å²) in [6.07, 6.45) is 3.16. The number of carbonyl (C=O) groups excluding carboxylic acids is 2. The van der Waals surface area contributed by atoms with E-state index in [0.29, 0.717) is 5.76 Å². The van der Waals surface area contributed by atoms with Crippen molar-refractivity contribution in [2.75, 3.05) is 0 Å². The SMILES string of the molecule is Cc1ccc(-n2c(C)cc(C=C3C(=O)NC(=S)N(Cc4ccco4)C3=O)c2C)cc1. The molecule has 0 aliphatic carbocycles. The molecule has 6 nitrogen and oxygen atoms in total. The van der Waals surface area contributed by atoms with E-state index in [9.17, 15) is 9.59 Å². The second kappa shape index (κ2) is 7.76. The Balaban J connectivity index is 1.70. The van der Waals surface area contributed by atoms with E-state index in [2.05, 4.69) is 22.0 Å². The number of hydrogen-bond donors (Lipinski definition) is 1. The van der Waals surface area contributed by atoms with Crippen molar-refractivity contribution < 1.29 is 14.0 Å². The minimum Gasteiger partial charge on any atom is -0.467 e. The molecule has 1 aliphatic heterocycles. The van der Waals surface area contributed by atoms with Crippen molar-refractivity contribution in [1.82, 2.24) is 14.8 Å². The van der Waals surface area contributed by atoms with E-state index in [1.807, 2.05) is 39.0 Å². The summed E-state index contributed by atoms with van der Waals surface area (Å²) in [6.45, 7) is 6.16. The molecule has 3 aromatic rings. The van der Waals surface area contributed by atoms with Crippen LogP contribution in [0.4, 0.5) is 0 Å². The molecule has 0 saturated carbocycles. The summed E-state index contributed by atoms with van der Waals surface area (Å²) in [5.74, 6) is -0.361. The van der Waals surface area contributed by atoms with Gasteiger partial charge in [0.2, 0.25) is 0 Å². The third-order valence-electron chi connectivity index (χ3n) is 5.14. The van der Waals surface area contributed by atoms with Crippen LogP contribution in [0, 0.1) is 20.8 Å². The average molecular weight is 420 g/mol. The maximum atomic E-state index is 13.0. The van der Waals surface area contributed by atoms with Crippen molar-refractivity contribution in [3.05, 3.63) is 82.6 Å². The van der Waals surface area contributed by atoms with E-state index < -0.39 is 11.8 Å². The fourth-order valence-electron chi connectivity index (χ4n) is 3.58. The number of furan rings is 1. The van der Waals surface area contributed by atoms with Crippen molar-refractivity contribution in [3.63, 3.8) is 0 Å². The maximum Gasteiger partial charge on any atom is 0.266 e. The van der Waals surface area contributed by atoms with Crippen LogP contribution in [0.25, 0.3) is 11.8 Å². The second-order valence-corrected chi connectivity index (χ2v) is 7.67. The number of aryl methyl sites for hydroxylation is 2. The third kappa shape index (κ3) is 3.59. The maximum absolute atomic E-state index is 13.0. The fraction of sp³-hybridized carbons (Fsp3) is 0.174. The molecule has 0 spiro atoms. The summed E-state index contributed by atoms with van der Waals surface area (Å²) in [5, 5.41) is 2.68. The van der Waals surface area contributed by atoms with Gasteiger partial charge in [0, 0.05) is 17.1 Å². The van der Waals surface area contributed by atoms with Crippen LogP contribution >= 0.6 is 12.2 Å². The van der Waals surface area contributed by atoms with Gasteiger partial charge in [-0.3, -0.25) is 19.8 Å². The van der Waals surface area contributed by atoms with Gasteiger partial charge in [0.1, 0.15) is 11.3 Å². The van der Waals surface area contributed by atoms with Gasteiger partial charge in [0.25, 0.3) is 11.8 Å². The fourth-order valence-corrected chi connectivity index (χ4v) is 3.82. The van der Waals surface area contributed by atoms with E-state index >= 15 is 0 Å². The number of thiocarbonyl (C=S) groups is 1. The lowest BCUT2D eigenvalue weighted by molar-refractivity contribution is -0.129. The molecule has 3 heterocycles. The molecule has 0 atom stereocenters. The van der Waals surface area contributed by atoms with Gasteiger partial charge in [0.05, 0.1) is 12.8 Å². The molecular weight excluding hydrogens is 398 g/mol. The number of carbonyl (C=O) groups is 2. The van der Waals surface area contributed by atoms with Crippen molar-refractivity contribution in [3.8, 4) is 5.69 Å². The number of amides is 2. The Bertz CT molecular complexity index is 1170. The molecule has 152 valence electrons. The molecule has 7 heteroatoms. The van der Waals surface area contributed by atoms with Crippen molar-refractivity contribution >= 4 is 35.2 Å². The Hall–Kier alpha value is -3.45. The van der Waals surface area contributed by atoms with Crippen molar-refractivity contribution in [2.24, 2.45) is 0 Å². The minimum absolute atomic E-state index is 0.0410. The van der Waals surface area contributed by atoms with Gasteiger partial charge in [-0.05, 0) is 75.0 Å². The van der Waals surface area contributed by atoms with E-state index in [1.54, 1.807) is 18.2 Å². The lowest BCUT2D eigenvalue weighted by Gasteiger charge is -2.28. The molecule has 1 fully saturated rings.